The Kier molecular flexibility index (Phi) is 5.82. The smallest absolute Gasteiger partial charge is 0.302 e. The summed E-state index contributed by atoms with van der Waals surface area (Å²) in [6.07, 6.45) is 1.45. The van der Waals surface area contributed by atoms with Crippen LogP contribution >= 0.6 is 11.6 Å². The van der Waals surface area contributed by atoms with Gasteiger partial charge in [-0.2, -0.15) is 0 Å². The first kappa shape index (κ1) is 17.1. The van der Waals surface area contributed by atoms with Crippen LogP contribution in [-0.2, 0) is 9.53 Å². The third-order valence-electron chi connectivity index (χ3n) is 2.84. The summed E-state index contributed by atoms with van der Waals surface area (Å²) >= 11 is 6.09. The summed E-state index contributed by atoms with van der Waals surface area (Å²) in [5.41, 5.74) is 0.966. The lowest BCUT2D eigenvalue weighted by molar-refractivity contribution is -0.143. The quantitative estimate of drug-likeness (QED) is 0.742. The van der Waals surface area contributed by atoms with E-state index in [-0.39, 0.29) is 18.7 Å². The van der Waals surface area contributed by atoms with Gasteiger partial charge < -0.3 is 14.2 Å². The molecule has 0 saturated heterocycles. The number of ether oxygens (including phenoxy) is 3. The van der Waals surface area contributed by atoms with Gasteiger partial charge in [0.15, 0.2) is 0 Å². The first-order chi connectivity index (χ1) is 10.9. The highest BCUT2D eigenvalue weighted by Gasteiger charge is 2.08. The molecule has 2 rings (SSSR count). The van der Waals surface area contributed by atoms with Gasteiger partial charge in [-0.05, 0) is 49.7 Å². The van der Waals surface area contributed by atoms with Crippen LogP contribution in [0.25, 0.3) is 0 Å². The van der Waals surface area contributed by atoms with Gasteiger partial charge in [0.1, 0.15) is 29.2 Å². The molecular formula is C17H18ClNO4. The molecule has 122 valence electrons. The lowest BCUT2D eigenvalue weighted by Crippen LogP contribution is -2.20. The maximum Gasteiger partial charge on any atom is 0.302 e. The third kappa shape index (κ3) is 5.45. The summed E-state index contributed by atoms with van der Waals surface area (Å²) in [6.45, 7) is 5.30. The molecule has 0 saturated carbocycles. The number of hydrogen-bond acceptors (Lipinski definition) is 5. The number of esters is 1. The van der Waals surface area contributed by atoms with Gasteiger partial charge in [0.2, 0.25) is 5.88 Å². The van der Waals surface area contributed by atoms with E-state index in [0.717, 1.165) is 5.56 Å². The average molecular weight is 336 g/mol. The van der Waals surface area contributed by atoms with E-state index < -0.39 is 0 Å². The van der Waals surface area contributed by atoms with Gasteiger partial charge in [0.05, 0.1) is 0 Å². The molecule has 0 aliphatic carbocycles. The van der Waals surface area contributed by atoms with E-state index in [4.69, 9.17) is 25.8 Å². The Labute approximate surface area is 140 Å². The van der Waals surface area contributed by atoms with Crippen molar-refractivity contribution < 1.29 is 19.0 Å². The lowest BCUT2D eigenvalue weighted by Gasteiger charge is -2.14. The summed E-state index contributed by atoms with van der Waals surface area (Å²) in [4.78, 5) is 14.9. The number of hydrogen-bond donors (Lipinski definition) is 0. The average Bonchev–Trinajstić information content (AvgIpc) is 2.50. The zero-order chi connectivity index (χ0) is 16.8. The monoisotopic (exact) mass is 335 g/mol. The van der Waals surface area contributed by atoms with Gasteiger partial charge in [-0.15, -0.1) is 0 Å². The Bertz CT molecular complexity index is 673. The zero-order valence-electron chi connectivity index (χ0n) is 13.2. The fourth-order valence-corrected chi connectivity index (χ4v) is 2.05. The number of carbonyl (C=O) groups is 1. The number of nitrogens with zero attached hydrogens (tertiary/aromatic N) is 1. The number of halogens is 1. The standard InChI is InChI=1S/C17H18ClNO4/c1-11-8-16(18)17(19-9-11)23-15-6-4-14(5-7-15)22-12(2)10-21-13(3)20/h4-9,12H,10H2,1-3H3. The van der Waals surface area contributed by atoms with Gasteiger partial charge in [-0.1, -0.05) is 11.6 Å². The summed E-state index contributed by atoms with van der Waals surface area (Å²) in [5.74, 6) is 1.28. The van der Waals surface area contributed by atoms with Crippen LogP contribution in [-0.4, -0.2) is 23.7 Å². The minimum absolute atomic E-state index is 0.205. The normalized spacial score (nSPS) is 11.7. The van der Waals surface area contributed by atoms with Crippen molar-refractivity contribution >= 4 is 17.6 Å². The van der Waals surface area contributed by atoms with Crippen LogP contribution in [0.3, 0.4) is 0 Å². The van der Waals surface area contributed by atoms with E-state index in [0.29, 0.717) is 22.4 Å². The number of aryl methyl sites for hydroxylation is 1. The Morgan fingerprint density at radius 1 is 1.26 bits per heavy atom. The van der Waals surface area contributed by atoms with E-state index in [9.17, 15) is 4.79 Å². The Hall–Kier alpha value is -2.27. The molecule has 6 heteroatoms. The van der Waals surface area contributed by atoms with Crippen molar-refractivity contribution in [3.05, 3.63) is 47.1 Å². The topological polar surface area (TPSA) is 57.7 Å². The molecule has 23 heavy (non-hydrogen) atoms. The molecule has 0 aliphatic heterocycles. The number of pyridine rings is 1. The lowest BCUT2D eigenvalue weighted by atomic mass is 10.3. The van der Waals surface area contributed by atoms with Gasteiger partial charge in [0, 0.05) is 13.1 Å². The van der Waals surface area contributed by atoms with E-state index in [2.05, 4.69) is 4.98 Å². The molecule has 1 aromatic heterocycles. The van der Waals surface area contributed by atoms with Gasteiger partial charge in [-0.3, -0.25) is 4.79 Å². The molecule has 0 radical (unpaired) electrons. The van der Waals surface area contributed by atoms with Crippen LogP contribution in [0.1, 0.15) is 19.4 Å². The molecule has 1 atom stereocenters. The second kappa shape index (κ2) is 7.83. The molecule has 0 bridgehead atoms. The van der Waals surface area contributed by atoms with Gasteiger partial charge >= 0.3 is 5.97 Å². The molecule has 2 aromatic rings. The second-order valence-electron chi connectivity index (χ2n) is 5.10. The van der Waals surface area contributed by atoms with Crippen molar-refractivity contribution in [2.75, 3.05) is 6.61 Å². The molecular weight excluding hydrogens is 318 g/mol. The third-order valence-corrected chi connectivity index (χ3v) is 3.11. The Balaban J connectivity index is 1.95. The van der Waals surface area contributed by atoms with E-state index >= 15 is 0 Å². The minimum atomic E-state index is -0.327. The molecule has 0 aliphatic rings. The SMILES string of the molecule is CC(=O)OCC(C)Oc1ccc(Oc2ncc(C)cc2Cl)cc1. The molecule has 0 spiro atoms. The van der Waals surface area contributed by atoms with Gasteiger partial charge in [-0.25, -0.2) is 4.98 Å². The van der Waals surface area contributed by atoms with Crippen molar-refractivity contribution in [3.8, 4) is 17.4 Å². The van der Waals surface area contributed by atoms with Crippen LogP contribution in [0.4, 0.5) is 0 Å². The molecule has 1 aromatic carbocycles. The number of carbonyl (C=O) groups excluding carboxylic acids is 1. The second-order valence-corrected chi connectivity index (χ2v) is 5.51. The molecule has 1 heterocycles. The number of rotatable bonds is 6. The first-order valence-corrected chi connectivity index (χ1v) is 7.52. The highest BCUT2D eigenvalue weighted by molar-refractivity contribution is 6.31. The maximum absolute atomic E-state index is 10.8. The Morgan fingerprint density at radius 3 is 2.52 bits per heavy atom. The number of aromatic nitrogens is 1. The first-order valence-electron chi connectivity index (χ1n) is 7.14. The highest BCUT2D eigenvalue weighted by Crippen LogP contribution is 2.28. The summed E-state index contributed by atoms with van der Waals surface area (Å²) in [6, 6.07) is 8.83. The minimum Gasteiger partial charge on any atom is -0.487 e. The molecule has 5 nitrogen and oxygen atoms in total. The van der Waals surface area contributed by atoms with Crippen LogP contribution in [0.5, 0.6) is 17.4 Å². The van der Waals surface area contributed by atoms with Crippen molar-refractivity contribution in [1.29, 1.82) is 0 Å². The van der Waals surface area contributed by atoms with Crippen LogP contribution in [0.15, 0.2) is 36.5 Å². The van der Waals surface area contributed by atoms with Crippen LogP contribution in [0, 0.1) is 6.92 Å². The molecule has 0 amide bonds. The van der Waals surface area contributed by atoms with E-state index in [1.807, 2.05) is 13.8 Å². The maximum atomic E-state index is 10.8. The van der Waals surface area contributed by atoms with Crippen LogP contribution < -0.4 is 9.47 Å². The van der Waals surface area contributed by atoms with Crippen molar-refractivity contribution in [1.82, 2.24) is 4.98 Å². The molecule has 0 N–H and O–H groups in total. The highest BCUT2D eigenvalue weighted by atomic mass is 35.5. The van der Waals surface area contributed by atoms with Crippen molar-refractivity contribution in [3.63, 3.8) is 0 Å². The fraction of sp³-hybridized carbons (Fsp3) is 0.294. The summed E-state index contributed by atoms with van der Waals surface area (Å²) in [5, 5.41) is 0.459. The fourth-order valence-electron chi connectivity index (χ4n) is 1.80. The Morgan fingerprint density at radius 2 is 1.91 bits per heavy atom. The summed E-state index contributed by atoms with van der Waals surface area (Å²) in [7, 11) is 0. The molecule has 1 unspecified atom stereocenters. The van der Waals surface area contributed by atoms with E-state index in [1.165, 1.54) is 6.92 Å². The van der Waals surface area contributed by atoms with Gasteiger partial charge in [0.25, 0.3) is 0 Å². The summed E-state index contributed by atoms with van der Waals surface area (Å²) < 4.78 is 16.2. The predicted molar refractivity (Wildman–Crippen MR) is 87.2 cm³/mol. The van der Waals surface area contributed by atoms with Crippen LogP contribution in [0.2, 0.25) is 5.02 Å². The van der Waals surface area contributed by atoms with E-state index in [1.54, 1.807) is 36.5 Å². The van der Waals surface area contributed by atoms with Crippen molar-refractivity contribution in [2.24, 2.45) is 0 Å². The predicted octanol–water partition coefficient (Wildman–Crippen LogP) is 4.17. The largest absolute Gasteiger partial charge is 0.487 e. The number of benzene rings is 1. The zero-order valence-corrected chi connectivity index (χ0v) is 14.0. The molecule has 0 fully saturated rings. The van der Waals surface area contributed by atoms with Crippen molar-refractivity contribution in [2.45, 2.75) is 26.9 Å².